The third-order valence-electron chi connectivity index (χ3n) is 4.25. The minimum atomic E-state index is -0.263. The Morgan fingerprint density at radius 3 is 2.65 bits per heavy atom. The fourth-order valence-corrected chi connectivity index (χ4v) is 3.54. The normalized spacial score (nSPS) is 11.0. The predicted molar refractivity (Wildman–Crippen MR) is 119 cm³/mol. The Bertz CT molecular complexity index is 1160. The maximum Gasteiger partial charge on any atom is 0.250 e. The van der Waals surface area contributed by atoms with Crippen molar-refractivity contribution >= 4 is 23.9 Å². The van der Waals surface area contributed by atoms with E-state index in [0.29, 0.717) is 16.7 Å². The van der Waals surface area contributed by atoms with Gasteiger partial charge in [0.05, 0.1) is 25.3 Å². The summed E-state index contributed by atoms with van der Waals surface area (Å²) in [6.45, 7) is 0. The molecule has 2 aromatic carbocycles. The summed E-state index contributed by atoms with van der Waals surface area (Å²) in [5.74, 6) is 1.86. The van der Waals surface area contributed by atoms with E-state index in [2.05, 4.69) is 20.7 Å². The summed E-state index contributed by atoms with van der Waals surface area (Å²) >= 11 is 1.28. The first-order valence-electron chi connectivity index (χ1n) is 9.38. The van der Waals surface area contributed by atoms with E-state index in [1.165, 1.54) is 24.2 Å². The van der Waals surface area contributed by atoms with Crippen LogP contribution in [0, 0.1) is 0 Å². The third-order valence-corrected chi connectivity index (χ3v) is 5.18. The minimum absolute atomic E-state index is 0.128. The first-order chi connectivity index (χ1) is 15.2. The van der Waals surface area contributed by atoms with Gasteiger partial charge in [-0.25, -0.2) is 5.43 Å². The number of para-hydroxylation sites is 1. The first-order valence-corrected chi connectivity index (χ1v) is 10.4. The molecule has 156 valence electrons. The highest BCUT2D eigenvalue weighted by molar-refractivity contribution is 7.99. The van der Waals surface area contributed by atoms with Crippen molar-refractivity contribution in [3.05, 3.63) is 78.8 Å². The van der Waals surface area contributed by atoms with Gasteiger partial charge < -0.3 is 9.15 Å². The zero-order valence-corrected chi connectivity index (χ0v) is 17.5. The van der Waals surface area contributed by atoms with Gasteiger partial charge >= 0.3 is 0 Å². The van der Waals surface area contributed by atoms with E-state index in [4.69, 9.17) is 9.15 Å². The van der Waals surface area contributed by atoms with Crippen LogP contribution in [0.2, 0.25) is 0 Å². The zero-order valence-electron chi connectivity index (χ0n) is 16.6. The molecule has 0 saturated carbocycles. The number of thioether (sulfide) groups is 1. The Hall–Kier alpha value is -3.85. The summed E-state index contributed by atoms with van der Waals surface area (Å²) in [6.07, 6.45) is 2.98. The second kappa shape index (κ2) is 9.77. The molecule has 0 bridgehead atoms. The standard InChI is InChI=1S/C22H19N5O3S/c1-29-18-11-9-16(10-12-18)21-25-26-22(27(21)17-6-3-2-4-7-17)31-15-20(28)24-23-14-19-8-5-13-30-19/h2-14H,15H2,1H3,(H,24,28)/b23-14+. The van der Waals surface area contributed by atoms with Crippen molar-refractivity contribution in [1.82, 2.24) is 20.2 Å². The van der Waals surface area contributed by atoms with Gasteiger partial charge in [-0.05, 0) is 48.5 Å². The van der Waals surface area contributed by atoms with E-state index in [-0.39, 0.29) is 11.7 Å². The van der Waals surface area contributed by atoms with Crippen LogP contribution in [-0.4, -0.2) is 39.7 Å². The molecule has 0 spiro atoms. The van der Waals surface area contributed by atoms with Gasteiger partial charge in [0.25, 0.3) is 5.91 Å². The molecule has 31 heavy (non-hydrogen) atoms. The van der Waals surface area contributed by atoms with Gasteiger partial charge in [-0.15, -0.1) is 10.2 Å². The number of nitrogens with one attached hydrogen (secondary N) is 1. The van der Waals surface area contributed by atoms with Crippen LogP contribution in [0.5, 0.6) is 5.75 Å². The number of hydrazone groups is 1. The number of ether oxygens (including phenoxy) is 1. The summed E-state index contributed by atoms with van der Waals surface area (Å²) in [7, 11) is 1.62. The molecule has 0 fully saturated rings. The fraction of sp³-hybridized carbons (Fsp3) is 0.0909. The van der Waals surface area contributed by atoms with Gasteiger partial charge in [-0.3, -0.25) is 9.36 Å². The Kier molecular flexibility index (Phi) is 6.44. The molecule has 0 saturated heterocycles. The number of rotatable bonds is 8. The van der Waals surface area contributed by atoms with Gasteiger partial charge in [-0.2, -0.15) is 5.10 Å². The van der Waals surface area contributed by atoms with Crippen molar-refractivity contribution in [1.29, 1.82) is 0 Å². The summed E-state index contributed by atoms with van der Waals surface area (Å²) in [5, 5.41) is 13.2. The van der Waals surface area contributed by atoms with E-state index in [1.54, 1.807) is 19.2 Å². The lowest BCUT2D eigenvalue weighted by atomic mass is 10.2. The number of benzene rings is 2. The van der Waals surface area contributed by atoms with Gasteiger partial charge in [-0.1, -0.05) is 30.0 Å². The number of methoxy groups -OCH3 is 1. The monoisotopic (exact) mass is 433 g/mol. The second-order valence-electron chi connectivity index (χ2n) is 6.30. The first kappa shape index (κ1) is 20.4. The lowest BCUT2D eigenvalue weighted by molar-refractivity contribution is -0.118. The van der Waals surface area contributed by atoms with Crippen LogP contribution in [0.25, 0.3) is 17.1 Å². The van der Waals surface area contributed by atoms with Gasteiger partial charge in [0.2, 0.25) is 0 Å². The maximum atomic E-state index is 12.2. The SMILES string of the molecule is COc1ccc(-c2nnc(SCC(=O)N/N=C/c3ccco3)n2-c2ccccc2)cc1. The number of hydrogen-bond donors (Lipinski definition) is 1. The Labute approximate surface area is 182 Å². The van der Waals surface area contributed by atoms with Crippen molar-refractivity contribution < 1.29 is 13.9 Å². The average Bonchev–Trinajstić information content (AvgIpc) is 3.48. The number of furan rings is 1. The molecule has 0 aliphatic rings. The zero-order chi connectivity index (χ0) is 21.5. The fourth-order valence-electron chi connectivity index (χ4n) is 2.80. The lowest BCUT2D eigenvalue weighted by Crippen LogP contribution is -2.19. The number of nitrogens with zero attached hydrogens (tertiary/aromatic N) is 4. The molecule has 2 heterocycles. The number of carbonyl (C=O) groups is 1. The molecular formula is C22H19N5O3S. The highest BCUT2D eigenvalue weighted by Gasteiger charge is 2.17. The van der Waals surface area contributed by atoms with E-state index in [1.807, 2.05) is 59.2 Å². The molecule has 0 atom stereocenters. The molecule has 0 aliphatic carbocycles. The van der Waals surface area contributed by atoms with Crippen molar-refractivity contribution in [3.8, 4) is 22.8 Å². The molecule has 0 radical (unpaired) electrons. The Morgan fingerprint density at radius 2 is 1.94 bits per heavy atom. The van der Waals surface area contributed by atoms with Crippen molar-refractivity contribution in [2.45, 2.75) is 5.16 Å². The average molecular weight is 433 g/mol. The number of carbonyl (C=O) groups excluding carboxylic acids is 1. The summed E-state index contributed by atoms with van der Waals surface area (Å²) in [6, 6.07) is 20.8. The predicted octanol–water partition coefficient (Wildman–Crippen LogP) is 3.78. The third kappa shape index (κ3) is 5.01. The van der Waals surface area contributed by atoms with Crippen LogP contribution in [0.15, 0.2) is 87.7 Å². The topological polar surface area (TPSA) is 94.5 Å². The molecule has 8 nitrogen and oxygen atoms in total. The highest BCUT2D eigenvalue weighted by Crippen LogP contribution is 2.28. The van der Waals surface area contributed by atoms with Gasteiger partial charge in [0, 0.05) is 11.3 Å². The molecule has 1 N–H and O–H groups in total. The summed E-state index contributed by atoms with van der Waals surface area (Å²) in [5.41, 5.74) is 4.27. The van der Waals surface area contributed by atoms with E-state index in [9.17, 15) is 4.79 Å². The number of amides is 1. The molecule has 4 rings (SSSR count). The minimum Gasteiger partial charge on any atom is -0.497 e. The van der Waals surface area contributed by atoms with Crippen molar-refractivity contribution in [3.63, 3.8) is 0 Å². The van der Waals surface area contributed by atoms with Crippen LogP contribution >= 0.6 is 11.8 Å². The van der Waals surface area contributed by atoms with Crippen molar-refractivity contribution in [2.24, 2.45) is 5.10 Å². The largest absolute Gasteiger partial charge is 0.497 e. The Morgan fingerprint density at radius 1 is 1.13 bits per heavy atom. The molecule has 2 aromatic heterocycles. The molecular weight excluding hydrogens is 414 g/mol. The molecule has 0 aliphatic heterocycles. The second-order valence-corrected chi connectivity index (χ2v) is 7.25. The van der Waals surface area contributed by atoms with Crippen LogP contribution < -0.4 is 10.2 Å². The molecule has 0 unspecified atom stereocenters. The van der Waals surface area contributed by atoms with Gasteiger partial charge in [0.15, 0.2) is 11.0 Å². The van der Waals surface area contributed by atoms with E-state index >= 15 is 0 Å². The smallest absolute Gasteiger partial charge is 0.250 e. The maximum absolute atomic E-state index is 12.2. The highest BCUT2D eigenvalue weighted by atomic mass is 32.2. The number of hydrogen-bond acceptors (Lipinski definition) is 7. The van der Waals surface area contributed by atoms with Crippen LogP contribution in [0.3, 0.4) is 0 Å². The molecule has 9 heteroatoms. The van der Waals surface area contributed by atoms with Crippen LogP contribution in [-0.2, 0) is 4.79 Å². The quantitative estimate of drug-likeness (QED) is 0.258. The molecule has 4 aromatic rings. The molecule has 1 amide bonds. The van der Waals surface area contributed by atoms with Crippen LogP contribution in [0.1, 0.15) is 5.76 Å². The van der Waals surface area contributed by atoms with E-state index < -0.39 is 0 Å². The van der Waals surface area contributed by atoms with Crippen LogP contribution in [0.4, 0.5) is 0 Å². The number of aromatic nitrogens is 3. The van der Waals surface area contributed by atoms with E-state index in [0.717, 1.165) is 17.0 Å². The Balaban J connectivity index is 1.53. The lowest BCUT2D eigenvalue weighted by Gasteiger charge is -2.10. The van der Waals surface area contributed by atoms with Crippen molar-refractivity contribution in [2.75, 3.05) is 12.9 Å². The van der Waals surface area contributed by atoms with Gasteiger partial charge in [0.1, 0.15) is 11.5 Å². The summed E-state index contributed by atoms with van der Waals surface area (Å²) in [4.78, 5) is 12.2. The summed E-state index contributed by atoms with van der Waals surface area (Å²) < 4.78 is 12.3.